The molecule has 128 valence electrons. The largest absolute Gasteiger partial charge is 0.477 e. The second-order valence-corrected chi connectivity index (χ2v) is 7.06. The molecule has 2 aromatic heterocycles. The Bertz CT molecular complexity index is 941. The predicted octanol–water partition coefficient (Wildman–Crippen LogP) is 4.09. The highest BCUT2D eigenvalue weighted by atomic mass is 32.2. The van der Waals surface area contributed by atoms with Gasteiger partial charge in [-0.1, -0.05) is 18.2 Å². The van der Waals surface area contributed by atoms with E-state index >= 15 is 0 Å². The SMILES string of the molecule is Cc1ccccc1N(c1cc(-c2ccncc2)sc1C(=O)O)S(=O)O. The van der Waals surface area contributed by atoms with Crippen LogP contribution < -0.4 is 4.31 Å². The summed E-state index contributed by atoms with van der Waals surface area (Å²) in [5, 5.41) is 9.56. The van der Waals surface area contributed by atoms with E-state index < -0.39 is 17.2 Å². The zero-order chi connectivity index (χ0) is 18.0. The van der Waals surface area contributed by atoms with Crippen LogP contribution in [0.2, 0.25) is 0 Å². The van der Waals surface area contributed by atoms with Gasteiger partial charge < -0.3 is 5.11 Å². The number of benzene rings is 1. The van der Waals surface area contributed by atoms with Crippen molar-refractivity contribution in [2.75, 3.05) is 4.31 Å². The van der Waals surface area contributed by atoms with Gasteiger partial charge in [-0.25, -0.2) is 13.3 Å². The summed E-state index contributed by atoms with van der Waals surface area (Å²) in [6.45, 7) is 1.80. The normalized spacial score (nSPS) is 11.9. The summed E-state index contributed by atoms with van der Waals surface area (Å²) in [6.07, 6.45) is 3.22. The molecule has 0 saturated carbocycles. The molecule has 0 fully saturated rings. The van der Waals surface area contributed by atoms with Gasteiger partial charge in [-0.05, 0) is 42.3 Å². The van der Waals surface area contributed by atoms with Crippen molar-refractivity contribution >= 4 is 39.9 Å². The Kier molecular flexibility index (Phi) is 4.93. The van der Waals surface area contributed by atoms with Crippen LogP contribution in [0.4, 0.5) is 11.4 Å². The van der Waals surface area contributed by atoms with Crippen LogP contribution in [0.25, 0.3) is 10.4 Å². The standard InChI is InChI=1S/C17H14N2O4S2/c1-11-4-2-3-5-13(11)19(25(22)23)14-10-15(24-16(14)17(20)21)12-6-8-18-9-7-12/h2-10H,1H3,(H,20,21)(H,22,23). The number of para-hydroxylation sites is 1. The van der Waals surface area contributed by atoms with Crippen LogP contribution in [-0.2, 0) is 11.3 Å². The third kappa shape index (κ3) is 3.46. The Morgan fingerprint density at radius 3 is 2.44 bits per heavy atom. The fourth-order valence-corrected chi connectivity index (χ4v) is 4.16. The van der Waals surface area contributed by atoms with Crippen molar-refractivity contribution in [3.63, 3.8) is 0 Å². The van der Waals surface area contributed by atoms with Crippen LogP contribution in [0, 0.1) is 6.92 Å². The minimum Gasteiger partial charge on any atom is -0.477 e. The second-order valence-electron chi connectivity index (χ2n) is 5.18. The average Bonchev–Trinajstić information content (AvgIpc) is 3.02. The van der Waals surface area contributed by atoms with Gasteiger partial charge in [-0.3, -0.25) is 9.54 Å². The summed E-state index contributed by atoms with van der Waals surface area (Å²) in [5.74, 6) is -1.15. The maximum absolute atomic E-state index is 12.0. The van der Waals surface area contributed by atoms with Crippen LogP contribution >= 0.6 is 11.3 Å². The van der Waals surface area contributed by atoms with Crippen molar-refractivity contribution in [3.05, 3.63) is 65.3 Å². The number of hydrogen-bond acceptors (Lipinski definition) is 4. The van der Waals surface area contributed by atoms with Crippen molar-refractivity contribution < 1.29 is 18.7 Å². The number of aryl methyl sites for hydroxylation is 1. The van der Waals surface area contributed by atoms with Crippen molar-refractivity contribution in [1.82, 2.24) is 4.98 Å². The van der Waals surface area contributed by atoms with Crippen molar-refractivity contribution in [2.45, 2.75) is 6.92 Å². The molecule has 0 aliphatic carbocycles. The van der Waals surface area contributed by atoms with E-state index in [1.54, 1.807) is 55.7 Å². The first-order valence-corrected chi connectivity index (χ1v) is 9.11. The van der Waals surface area contributed by atoms with Crippen molar-refractivity contribution in [1.29, 1.82) is 0 Å². The van der Waals surface area contributed by atoms with Crippen LogP contribution in [0.1, 0.15) is 15.2 Å². The predicted molar refractivity (Wildman–Crippen MR) is 98.6 cm³/mol. The lowest BCUT2D eigenvalue weighted by Gasteiger charge is -2.21. The summed E-state index contributed by atoms with van der Waals surface area (Å²) in [4.78, 5) is 16.3. The van der Waals surface area contributed by atoms with Crippen molar-refractivity contribution in [2.24, 2.45) is 0 Å². The van der Waals surface area contributed by atoms with E-state index in [1.165, 1.54) is 0 Å². The fraction of sp³-hybridized carbons (Fsp3) is 0.0588. The number of hydrogen-bond donors (Lipinski definition) is 2. The smallest absolute Gasteiger partial charge is 0.348 e. The van der Waals surface area contributed by atoms with Gasteiger partial charge in [0.1, 0.15) is 4.88 Å². The molecule has 3 rings (SSSR count). The highest BCUT2D eigenvalue weighted by molar-refractivity contribution is 7.81. The average molecular weight is 374 g/mol. The number of carboxylic acid groups (broad SMARTS) is 1. The molecule has 25 heavy (non-hydrogen) atoms. The fourth-order valence-electron chi connectivity index (χ4n) is 2.43. The first-order chi connectivity index (χ1) is 12.0. The summed E-state index contributed by atoms with van der Waals surface area (Å²) in [6, 6.07) is 12.2. The molecule has 3 aromatic rings. The molecule has 0 saturated heterocycles. The maximum atomic E-state index is 12.0. The number of thiophene rings is 1. The number of carbonyl (C=O) groups is 1. The third-order valence-corrected chi connectivity index (χ3v) is 5.45. The van der Waals surface area contributed by atoms with Crippen LogP contribution in [0.15, 0.2) is 54.9 Å². The summed E-state index contributed by atoms with van der Waals surface area (Å²) in [7, 11) is 0. The van der Waals surface area contributed by atoms with E-state index in [1.807, 2.05) is 6.07 Å². The molecule has 0 spiro atoms. The Balaban J connectivity index is 2.20. The van der Waals surface area contributed by atoms with E-state index in [4.69, 9.17) is 0 Å². The van der Waals surface area contributed by atoms with Crippen LogP contribution in [-0.4, -0.2) is 24.8 Å². The highest BCUT2D eigenvalue weighted by Crippen LogP contribution is 2.40. The quantitative estimate of drug-likeness (QED) is 0.656. The summed E-state index contributed by atoms with van der Waals surface area (Å²) < 4.78 is 23.0. The van der Waals surface area contributed by atoms with Gasteiger partial charge in [0, 0.05) is 17.3 Å². The van der Waals surface area contributed by atoms with E-state index in [0.29, 0.717) is 10.6 Å². The number of aromatic carboxylic acids is 1. The molecule has 1 atom stereocenters. The van der Waals surface area contributed by atoms with Crippen LogP contribution in [0.3, 0.4) is 0 Å². The lowest BCUT2D eigenvalue weighted by Crippen LogP contribution is -2.21. The molecule has 1 aromatic carbocycles. The molecule has 6 nitrogen and oxygen atoms in total. The number of anilines is 2. The molecule has 2 heterocycles. The highest BCUT2D eigenvalue weighted by Gasteiger charge is 2.26. The summed E-state index contributed by atoms with van der Waals surface area (Å²) >= 11 is -1.37. The van der Waals surface area contributed by atoms with Gasteiger partial charge in [0.2, 0.25) is 0 Å². The van der Waals surface area contributed by atoms with Crippen molar-refractivity contribution in [3.8, 4) is 10.4 Å². The Labute approximate surface area is 150 Å². The molecular weight excluding hydrogens is 360 g/mol. The molecule has 1 unspecified atom stereocenters. The molecule has 0 aliphatic rings. The lowest BCUT2D eigenvalue weighted by atomic mass is 10.2. The first kappa shape index (κ1) is 17.3. The molecule has 8 heteroatoms. The van der Waals surface area contributed by atoms with Gasteiger partial charge in [0.05, 0.1) is 11.4 Å². The molecule has 0 radical (unpaired) electrons. The van der Waals surface area contributed by atoms with E-state index in [0.717, 1.165) is 26.8 Å². The monoisotopic (exact) mass is 374 g/mol. The molecular formula is C17H14N2O4S2. The topological polar surface area (TPSA) is 90.7 Å². The minimum absolute atomic E-state index is 0.00235. The number of aromatic nitrogens is 1. The number of pyridine rings is 1. The minimum atomic E-state index is -2.42. The zero-order valence-corrected chi connectivity index (χ0v) is 14.8. The van der Waals surface area contributed by atoms with Gasteiger partial charge >= 0.3 is 5.97 Å². The van der Waals surface area contributed by atoms with E-state index in [2.05, 4.69) is 4.98 Å². The molecule has 0 bridgehead atoms. The maximum Gasteiger partial charge on any atom is 0.348 e. The Hall–Kier alpha value is -2.55. The first-order valence-electron chi connectivity index (χ1n) is 7.23. The molecule has 0 amide bonds. The Morgan fingerprint density at radius 2 is 1.84 bits per heavy atom. The zero-order valence-electron chi connectivity index (χ0n) is 13.1. The Morgan fingerprint density at radius 1 is 1.16 bits per heavy atom. The van der Waals surface area contributed by atoms with Gasteiger partial charge in [0.15, 0.2) is 0 Å². The van der Waals surface area contributed by atoms with Gasteiger partial charge in [-0.15, -0.1) is 11.3 Å². The second kappa shape index (κ2) is 7.14. The molecule has 0 aliphatic heterocycles. The lowest BCUT2D eigenvalue weighted by molar-refractivity contribution is 0.0703. The number of nitrogens with zero attached hydrogens (tertiary/aromatic N) is 2. The summed E-state index contributed by atoms with van der Waals surface area (Å²) in [5.41, 5.74) is 2.21. The van der Waals surface area contributed by atoms with Gasteiger partial charge in [-0.2, -0.15) is 0 Å². The van der Waals surface area contributed by atoms with Crippen LogP contribution in [0.5, 0.6) is 0 Å². The van der Waals surface area contributed by atoms with E-state index in [-0.39, 0.29) is 10.6 Å². The molecule has 2 N–H and O–H groups in total. The number of carboxylic acids is 1. The van der Waals surface area contributed by atoms with E-state index in [9.17, 15) is 18.7 Å². The third-order valence-electron chi connectivity index (χ3n) is 3.58. The van der Waals surface area contributed by atoms with Gasteiger partial charge in [0.25, 0.3) is 11.3 Å². The number of rotatable bonds is 5.